The molecule has 12 rings (SSSR count). The number of rotatable bonds is 6. The maximum atomic E-state index is 4.03. The van der Waals surface area contributed by atoms with Crippen molar-refractivity contribution in [2.24, 2.45) is 0 Å². The largest absolute Gasteiger partial charge is 0.378 e. The Balaban J connectivity index is 0.954. The Morgan fingerprint density at radius 1 is 0.574 bits per heavy atom. The molecule has 294 valence electrons. The average Bonchev–Trinajstić information content (AvgIpc) is 3.67. The number of hydrogen-bond acceptors (Lipinski definition) is 2. The van der Waals surface area contributed by atoms with Crippen molar-refractivity contribution in [2.45, 2.75) is 56.4 Å². The number of fused-ring (bicyclic) bond motifs is 8. The molecule has 1 aromatic heterocycles. The molecule has 3 atom stereocenters. The number of thiophene rings is 1. The third kappa shape index (κ3) is 6.19. The molecule has 9 aromatic rings. The van der Waals surface area contributed by atoms with E-state index < -0.39 is 0 Å². The van der Waals surface area contributed by atoms with E-state index in [2.05, 4.69) is 200 Å². The zero-order valence-corrected chi connectivity index (χ0v) is 35.3. The van der Waals surface area contributed by atoms with Crippen molar-refractivity contribution >= 4 is 70.4 Å². The summed E-state index contributed by atoms with van der Waals surface area (Å²) in [7, 11) is 0. The Morgan fingerprint density at radius 3 is 2.16 bits per heavy atom. The summed E-state index contributed by atoms with van der Waals surface area (Å²) in [5.74, 6) is 0.111. The summed E-state index contributed by atoms with van der Waals surface area (Å²) in [6, 6.07) is 59.6. The van der Waals surface area contributed by atoms with Crippen LogP contribution in [0.15, 0.2) is 182 Å². The van der Waals surface area contributed by atoms with Crippen LogP contribution >= 0.6 is 11.3 Å². The maximum absolute atomic E-state index is 4.03. The van der Waals surface area contributed by atoms with E-state index in [1.165, 1.54) is 99.1 Å². The zero-order valence-electron chi connectivity index (χ0n) is 34.5. The Bertz CT molecular complexity index is 3290. The zero-order chi connectivity index (χ0) is 40.5. The van der Waals surface area contributed by atoms with Crippen LogP contribution in [-0.2, 0) is 18.3 Å². The fourth-order valence-electron chi connectivity index (χ4n) is 10.9. The summed E-state index contributed by atoms with van der Waals surface area (Å²) in [4.78, 5) is 0. The molecule has 3 unspecified atom stereocenters. The summed E-state index contributed by atoms with van der Waals surface area (Å²) in [6.07, 6.45) is 17.8. The van der Waals surface area contributed by atoms with Gasteiger partial charge in [0.1, 0.15) is 0 Å². The minimum absolute atomic E-state index is 0.0576. The molecule has 1 N–H and O–H groups in total. The van der Waals surface area contributed by atoms with Crippen molar-refractivity contribution in [3.05, 3.63) is 221 Å². The third-order valence-electron chi connectivity index (χ3n) is 14.1. The van der Waals surface area contributed by atoms with Crippen molar-refractivity contribution < 1.29 is 0 Å². The van der Waals surface area contributed by atoms with Crippen LogP contribution in [0.1, 0.15) is 71.0 Å². The van der Waals surface area contributed by atoms with E-state index in [-0.39, 0.29) is 17.4 Å². The van der Waals surface area contributed by atoms with Gasteiger partial charge in [0.25, 0.3) is 0 Å². The first-order valence-electron chi connectivity index (χ1n) is 22.1. The topological polar surface area (TPSA) is 12.0 Å². The third-order valence-corrected chi connectivity index (χ3v) is 15.2. The van der Waals surface area contributed by atoms with Crippen LogP contribution in [-0.4, -0.2) is 6.04 Å². The molecule has 0 spiro atoms. The normalized spacial score (nSPS) is 19.6. The van der Waals surface area contributed by atoms with Crippen LogP contribution < -0.4 is 5.32 Å². The molecule has 2 heteroatoms. The van der Waals surface area contributed by atoms with Gasteiger partial charge in [-0.05, 0) is 146 Å². The van der Waals surface area contributed by atoms with Gasteiger partial charge in [-0.15, -0.1) is 11.3 Å². The molecule has 8 aromatic carbocycles. The molecule has 61 heavy (non-hydrogen) atoms. The number of anilines is 1. The molecule has 0 bridgehead atoms. The quantitative estimate of drug-likeness (QED) is 0.177. The summed E-state index contributed by atoms with van der Waals surface area (Å²) >= 11 is 1.92. The Labute approximate surface area is 362 Å². The maximum Gasteiger partial charge on any atom is 0.0551 e. The number of hydrogen-bond donors (Lipinski definition) is 1. The minimum Gasteiger partial charge on any atom is -0.378 e. The van der Waals surface area contributed by atoms with Gasteiger partial charge in [-0.25, -0.2) is 0 Å². The molecule has 0 radical (unpaired) electrons. The second kappa shape index (κ2) is 14.6. The monoisotopic (exact) mass is 801 g/mol. The predicted octanol–water partition coefficient (Wildman–Crippen LogP) is 15.8. The van der Waals surface area contributed by atoms with Gasteiger partial charge in [-0.2, -0.15) is 0 Å². The summed E-state index contributed by atoms with van der Waals surface area (Å²) in [5, 5.41) is 12.1. The molecular weight excluding hydrogens is 755 g/mol. The lowest BCUT2D eigenvalue weighted by Crippen LogP contribution is -2.27. The van der Waals surface area contributed by atoms with E-state index in [9.17, 15) is 0 Å². The van der Waals surface area contributed by atoms with E-state index in [1.54, 1.807) is 11.1 Å². The van der Waals surface area contributed by atoms with Crippen LogP contribution in [0.3, 0.4) is 0 Å². The number of allylic oxidation sites excluding steroid dienone is 3. The highest BCUT2D eigenvalue weighted by atomic mass is 32.1. The van der Waals surface area contributed by atoms with Gasteiger partial charge in [-0.1, -0.05) is 159 Å². The van der Waals surface area contributed by atoms with Crippen LogP contribution in [0, 0.1) is 0 Å². The molecular formula is C59H47NS. The van der Waals surface area contributed by atoms with Gasteiger partial charge in [0.15, 0.2) is 0 Å². The van der Waals surface area contributed by atoms with Crippen molar-refractivity contribution in [3.8, 4) is 11.1 Å². The van der Waals surface area contributed by atoms with Gasteiger partial charge >= 0.3 is 0 Å². The summed E-state index contributed by atoms with van der Waals surface area (Å²) < 4.78 is 2.69. The van der Waals surface area contributed by atoms with Crippen molar-refractivity contribution in [1.82, 2.24) is 0 Å². The van der Waals surface area contributed by atoms with E-state index in [0.717, 1.165) is 24.9 Å². The first-order chi connectivity index (χ1) is 30.1. The molecule has 0 saturated carbocycles. The molecule has 3 aliphatic rings. The molecule has 0 fully saturated rings. The lowest BCUT2D eigenvalue weighted by Gasteiger charge is -2.34. The fourth-order valence-corrected chi connectivity index (χ4v) is 12.1. The van der Waals surface area contributed by atoms with Crippen LogP contribution in [0.4, 0.5) is 5.69 Å². The molecule has 0 amide bonds. The second-order valence-corrected chi connectivity index (χ2v) is 18.8. The standard InChI is InChI=1S/C59H47NS/c1-59(32-12-17-38-13-5-11-23-55(38)59)44-26-28-45(29-27-44)60-56-31-25-42(34-52(56)43-24-30-51-54-33-39-14-2-3-15-40(39)36-58(54)61-57(51)37-43)47-19-7-8-21-49(47)53-35-41-16-4-6-18-46(41)48-20-9-10-22-50(48)53/h2-8,11-19,21,23-31,33-37,52,56,60H,9-10,20,22,32H2,1H3. The Kier molecular flexibility index (Phi) is 8.71. The van der Waals surface area contributed by atoms with Gasteiger partial charge in [-0.3, -0.25) is 0 Å². The molecule has 0 saturated heterocycles. The van der Waals surface area contributed by atoms with E-state index in [1.807, 2.05) is 11.3 Å². The predicted molar refractivity (Wildman–Crippen MR) is 263 cm³/mol. The smallest absolute Gasteiger partial charge is 0.0551 e. The van der Waals surface area contributed by atoms with Crippen molar-refractivity contribution in [1.29, 1.82) is 0 Å². The highest BCUT2D eigenvalue weighted by molar-refractivity contribution is 7.25. The van der Waals surface area contributed by atoms with Crippen molar-refractivity contribution in [2.75, 3.05) is 5.32 Å². The van der Waals surface area contributed by atoms with Crippen LogP contribution in [0.2, 0.25) is 0 Å². The van der Waals surface area contributed by atoms with E-state index in [0.29, 0.717) is 0 Å². The van der Waals surface area contributed by atoms with Crippen LogP contribution in [0.5, 0.6) is 0 Å². The number of aryl methyl sites for hydroxylation is 1. The van der Waals surface area contributed by atoms with Gasteiger partial charge in [0, 0.05) is 37.2 Å². The van der Waals surface area contributed by atoms with E-state index >= 15 is 0 Å². The number of benzene rings is 8. The van der Waals surface area contributed by atoms with Crippen LogP contribution in [0.25, 0.3) is 64.5 Å². The second-order valence-electron chi connectivity index (χ2n) is 17.7. The lowest BCUT2D eigenvalue weighted by atomic mass is 9.70. The molecule has 1 heterocycles. The van der Waals surface area contributed by atoms with Gasteiger partial charge < -0.3 is 5.32 Å². The number of nitrogens with one attached hydrogen (secondary N) is 1. The SMILES string of the molecule is CC1(c2ccc(NC3C=CC(c4ccccc4-c4cc5ccccc5c5c4CCCC5)=CC3c3ccc4c(c3)sc3cc5ccccc5cc34)cc2)CC=Cc2ccccc21. The van der Waals surface area contributed by atoms with E-state index in [4.69, 9.17) is 0 Å². The highest BCUT2D eigenvalue weighted by Crippen LogP contribution is 2.45. The van der Waals surface area contributed by atoms with Gasteiger partial charge in [0.2, 0.25) is 0 Å². The first-order valence-corrected chi connectivity index (χ1v) is 22.9. The average molecular weight is 802 g/mol. The Morgan fingerprint density at radius 2 is 1.30 bits per heavy atom. The van der Waals surface area contributed by atoms with Gasteiger partial charge in [0.05, 0.1) is 6.04 Å². The minimum atomic E-state index is -0.0576. The van der Waals surface area contributed by atoms with Crippen molar-refractivity contribution in [3.63, 3.8) is 0 Å². The fraction of sp³-hybridized carbons (Fsp3) is 0.153. The highest BCUT2D eigenvalue weighted by Gasteiger charge is 2.32. The Hall–Kier alpha value is -6.48. The molecule has 0 aliphatic heterocycles. The summed E-state index contributed by atoms with van der Waals surface area (Å²) in [5.41, 5.74) is 14.9. The first kappa shape index (κ1) is 36.4. The molecule has 1 nitrogen and oxygen atoms in total. The summed E-state index contributed by atoms with van der Waals surface area (Å²) in [6.45, 7) is 2.39. The molecule has 3 aliphatic carbocycles. The lowest BCUT2D eigenvalue weighted by molar-refractivity contribution is 0.574.